The number of nitriles is 1. The Morgan fingerprint density at radius 3 is 2.53 bits per heavy atom. The molecule has 3 nitrogen and oxygen atoms in total. The monoisotopic (exact) mass is 350 g/mol. The fraction of sp³-hybridized carbons (Fsp3) is 0.417. The van der Waals surface area contributed by atoms with E-state index in [1.807, 2.05) is 0 Å². The minimum Gasteiger partial charge on any atom is -0.383 e. The predicted molar refractivity (Wildman–Crippen MR) is 75.9 cm³/mol. The van der Waals surface area contributed by atoms with Gasteiger partial charge >= 0.3 is 5.92 Å². The van der Waals surface area contributed by atoms with Crippen LogP contribution in [-0.4, -0.2) is 25.5 Å². The first-order valence-corrected chi connectivity index (χ1v) is 6.91. The number of rotatable bonds is 6. The molecule has 1 aromatic rings. The van der Waals surface area contributed by atoms with Gasteiger partial charge in [-0.2, -0.15) is 14.0 Å². The maximum absolute atomic E-state index is 14.2. The third-order valence-electron chi connectivity index (χ3n) is 2.45. The van der Waals surface area contributed by atoms with Gasteiger partial charge in [0.1, 0.15) is 0 Å². The van der Waals surface area contributed by atoms with Crippen molar-refractivity contribution in [3.05, 3.63) is 34.3 Å². The lowest BCUT2D eigenvalue weighted by atomic mass is 10.0. The second-order valence-electron chi connectivity index (χ2n) is 3.92. The van der Waals surface area contributed by atoms with E-state index in [0.29, 0.717) is 4.47 Å². The number of benzene rings is 1. The van der Waals surface area contributed by atoms with Crippen LogP contribution in [-0.2, 0) is 10.7 Å². The predicted octanol–water partition coefficient (Wildman–Crippen LogP) is 2.87. The van der Waals surface area contributed by atoms with Crippen LogP contribution in [0.15, 0.2) is 28.7 Å². The highest BCUT2D eigenvalue weighted by molar-refractivity contribution is 9.10. The van der Waals surface area contributed by atoms with E-state index < -0.39 is 17.7 Å². The van der Waals surface area contributed by atoms with Crippen LogP contribution in [0.3, 0.4) is 0 Å². The molecule has 3 atom stereocenters. The molecule has 0 amide bonds. The molecule has 7 heteroatoms. The highest BCUT2D eigenvalue weighted by Crippen LogP contribution is 2.32. The van der Waals surface area contributed by atoms with Crippen LogP contribution in [0.5, 0.6) is 0 Å². The molecule has 0 fully saturated rings. The van der Waals surface area contributed by atoms with E-state index in [1.165, 1.54) is 31.4 Å². The molecular weight excluding hydrogens is 337 g/mol. The van der Waals surface area contributed by atoms with E-state index in [0.717, 1.165) is 0 Å². The van der Waals surface area contributed by atoms with Gasteiger partial charge in [-0.05, 0) is 12.1 Å². The van der Waals surface area contributed by atoms with Gasteiger partial charge in [0.2, 0.25) is 0 Å². The summed E-state index contributed by atoms with van der Waals surface area (Å²) in [6, 6.07) is 5.61. The summed E-state index contributed by atoms with van der Waals surface area (Å²) in [6.07, 6.45) is 0. The molecule has 2 unspecified atom stereocenters. The first kappa shape index (κ1) is 16.5. The van der Waals surface area contributed by atoms with E-state index in [4.69, 9.17) is 10.00 Å². The molecule has 0 aliphatic carbocycles. The lowest BCUT2D eigenvalue weighted by Crippen LogP contribution is -2.46. The minimum atomic E-state index is -3.28. The van der Waals surface area contributed by atoms with E-state index in [2.05, 4.69) is 30.5 Å². The highest BCUT2D eigenvalue weighted by Gasteiger charge is 2.42. The second-order valence-corrected chi connectivity index (χ2v) is 5.64. The number of ether oxygens (including phenoxy) is 1. The lowest BCUT2D eigenvalue weighted by molar-refractivity contribution is -0.0283. The van der Waals surface area contributed by atoms with Crippen LogP contribution in [0, 0.1) is 11.3 Å². The van der Waals surface area contributed by atoms with Gasteiger partial charge in [0, 0.05) is 22.9 Å². The van der Waals surface area contributed by atoms with Gasteiger partial charge in [-0.1, -0.05) is 28.1 Å². The van der Waals surface area contributed by atoms with Crippen LogP contribution >= 0.6 is 25.2 Å². The van der Waals surface area contributed by atoms with E-state index >= 15 is 0 Å². The Balaban J connectivity index is 2.89. The van der Waals surface area contributed by atoms with Crippen LogP contribution in [0.4, 0.5) is 8.78 Å². The summed E-state index contributed by atoms with van der Waals surface area (Å²) in [5.41, 5.74) is -0.204. The average molecular weight is 351 g/mol. The summed E-state index contributed by atoms with van der Waals surface area (Å²) >= 11 is 3.18. The SMILES string of the molecule is COC[C@H](P)NC(C#N)C(F)(F)c1ccc(Br)cc1. The average Bonchev–Trinajstić information content (AvgIpc) is 2.36. The smallest absolute Gasteiger partial charge is 0.301 e. The molecule has 0 aliphatic rings. The van der Waals surface area contributed by atoms with Gasteiger partial charge in [-0.3, -0.25) is 5.32 Å². The van der Waals surface area contributed by atoms with Gasteiger partial charge in [0.15, 0.2) is 6.04 Å². The van der Waals surface area contributed by atoms with Gasteiger partial charge in [-0.25, -0.2) is 0 Å². The number of hydrogen-bond donors (Lipinski definition) is 1. The molecule has 0 spiro atoms. The standard InChI is InChI=1S/C12H14BrF2N2OP/c1-18-7-11(19)17-10(6-16)12(14,15)8-2-4-9(13)5-3-8/h2-5,10-11,17H,7,19H2,1H3/t10?,11-/m0/s1. The number of alkyl halides is 2. The largest absolute Gasteiger partial charge is 0.383 e. The molecule has 0 aromatic heterocycles. The first-order valence-electron chi connectivity index (χ1n) is 5.46. The molecule has 0 heterocycles. The Morgan fingerprint density at radius 2 is 2.05 bits per heavy atom. The van der Waals surface area contributed by atoms with Crippen LogP contribution in [0.25, 0.3) is 0 Å². The normalized spacial score (nSPS) is 14.7. The lowest BCUT2D eigenvalue weighted by Gasteiger charge is -2.25. The summed E-state index contributed by atoms with van der Waals surface area (Å²) in [5, 5.41) is 11.5. The van der Waals surface area contributed by atoms with Crippen molar-refractivity contribution in [3.63, 3.8) is 0 Å². The molecule has 1 rings (SSSR count). The van der Waals surface area contributed by atoms with Crippen molar-refractivity contribution in [2.24, 2.45) is 0 Å². The number of methoxy groups -OCH3 is 1. The fourth-order valence-electron chi connectivity index (χ4n) is 1.50. The molecule has 0 radical (unpaired) electrons. The highest BCUT2D eigenvalue weighted by atomic mass is 79.9. The van der Waals surface area contributed by atoms with Crippen molar-refractivity contribution in [2.75, 3.05) is 13.7 Å². The van der Waals surface area contributed by atoms with Crippen molar-refractivity contribution in [2.45, 2.75) is 17.7 Å². The van der Waals surface area contributed by atoms with Gasteiger partial charge in [0.25, 0.3) is 0 Å². The van der Waals surface area contributed by atoms with Gasteiger partial charge in [-0.15, -0.1) is 9.24 Å². The van der Waals surface area contributed by atoms with Crippen molar-refractivity contribution in [1.82, 2.24) is 5.32 Å². The van der Waals surface area contributed by atoms with Crippen molar-refractivity contribution in [3.8, 4) is 6.07 Å². The zero-order valence-electron chi connectivity index (χ0n) is 10.2. The van der Waals surface area contributed by atoms with Gasteiger partial charge in [0.05, 0.1) is 12.7 Å². The summed E-state index contributed by atoms with van der Waals surface area (Å²) in [6.45, 7) is 0.221. The Hall–Kier alpha value is -0.600. The molecule has 0 saturated carbocycles. The van der Waals surface area contributed by atoms with Gasteiger partial charge < -0.3 is 4.74 Å². The molecular formula is C12H14BrF2N2OP. The van der Waals surface area contributed by atoms with E-state index in [9.17, 15) is 8.78 Å². The van der Waals surface area contributed by atoms with E-state index in [1.54, 1.807) is 6.07 Å². The molecule has 19 heavy (non-hydrogen) atoms. The second kappa shape index (κ2) is 7.25. The summed E-state index contributed by atoms with van der Waals surface area (Å²) < 4.78 is 34.0. The maximum atomic E-state index is 14.2. The summed E-state index contributed by atoms with van der Waals surface area (Å²) in [7, 11) is 3.79. The van der Waals surface area contributed by atoms with Crippen LogP contribution in [0.1, 0.15) is 5.56 Å². The van der Waals surface area contributed by atoms with E-state index in [-0.39, 0.29) is 12.2 Å². The topological polar surface area (TPSA) is 45.0 Å². The number of nitrogens with zero attached hydrogens (tertiary/aromatic N) is 1. The van der Waals surface area contributed by atoms with Crippen LogP contribution in [0.2, 0.25) is 0 Å². The number of hydrogen-bond acceptors (Lipinski definition) is 3. The summed E-state index contributed by atoms with van der Waals surface area (Å²) in [5.74, 6) is -3.70. The maximum Gasteiger partial charge on any atom is 0.301 e. The van der Waals surface area contributed by atoms with Crippen LogP contribution < -0.4 is 5.32 Å². The molecule has 1 aromatic carbocycles. The zero-order chi connectivity index (χ0) is 14.5. The summed E-state index contributed by atoms with van der Waals surface area (Å²) in [4.78, 5) is 0. The minimum absolute atomic E-state index is 0.204. The Morgan fingerprint density at radius 1 is 1.47 bits per heavy atom. The number of halogens is 3. The van der Waals surface area contributed by atoms with Crippen molar-refractivity contribution >= 4 is 25.2 Å². The van der Waals surface area contributed by atoms with Crippen molar-refractivity contribution < 1.29 is 13.5 Å². The Bertz CT molecular complexity index is 450. The Kier molecular flexibility index (Phi) is 6.28. The van der Waals surface area contributed by atoms with Crippen molar-refractivity contribution in [1.29, 1.82) is 5.26 Å². The number of nitrogens with one attached hydrogen (secondary N) is 1. The molecule has 1 N–H and O–H groups in total. The third kappa shape index (κ3) is 4.47. The Labute approximate surface area is 121 Å². The quantitative estimate of drug-likeness (QED) is 0.802. The first-order chi connectivity index (χ1) is 8.91. The molecule has 104 valence electrons. The fourth-order valence-corrected chi connectivity index (χ4v) is 2.15. The third-order valence-corrected chi connectivity index (χ3v) is 3.36. The zero-order valence-corrected chi connectivity index (χ0v) is 13.0. The molecule has 0 aliphatic heterocycles. The molecule has 0 bridgehead atoms. The molecule has 0 saturated heterocycles.